The first kappa shape index (κ1) is 11.2. The summed E-state index contributed by atoms with van der Waals surface area (Å²) < 4.78 is 4.99. The Morgan fingerprint density at radius 2 is 2.00 bits per heavy atom. The number of aryl methyl sites for hydroxylation is 1. The smallest absolute Gasteiger partial charge is 0.222 e. The van der Waals surface area contributed by atoms with Crippen molar-refractivity contribution in [3.8, 4) is 0 Å². The lowest BCUT2D eigenvalue weighted by Crippen LogP contribution is -1.94. The highest BCUT2D eigenvalue weighted by molar-refractivity contribution is 6.02. The van der Waals surface area contributed by atoms with Gasteiger partial charge in [-0.05, 0) is 31.2 Å². The van der Waals surface area contributed by atoms with Crippen molar-refractivity contribution in [1.29, 1.82) is 0 Å². The van der Waals surface area contributed by atoms with Gasteiger partial charge in [-0.1, -0.05) is 17.7 Å². The van der Waals surface area contributed by atoms with Crippen LogP contribution in [0.5, 0.6) is 0 Å². The van der Waals surface area contributed by atoms with E-state index in [1.807, 2.05) is 31.2 Å². The number of furan rings is 1. The number of ketones is 1. The molecule has 0 aliphatic rings. The molecule has 0 aliphatic carbocycles. The number of benzene rings is 1. The van der Waals surface area contributed by atoms with E-state index >= 15 is 0 Å². The Morgan fingerprint density at radius 3 is 2.65 bits per heavy atom. The van der Waals surface area contributed by atoms with Crippen molar-refractivity contribution in [1.82, 2.24) is 0 Å². The van der Waals surface area contributed by atoms with E-state index in [0.717, 1.165) is 5.69 Å². The molecule has 0 saturated heterocycles. The molecule has 0 saturated carbocycles. The highest BCUT2D eigenvalue weighted by atomic mass is 16.3. The van der Waals surface area contributed by atoms with Crippen molar-refractivity contribution in [3.63, 3.8) is 0 Å². The van der Waals surface area contributed by atoms with Gasteiger partial charge >= 0.3 is 0 Å². The van der Waals surface area contributed by atoms with E-state index in [-0.39, 0.29) is 5.78 Å². The van der Waals surface area contributed by atoms with E-state index in [9.17, 15) is 4.79 Å². The molecule has 0 spiro atoms. The van der Waals surface area contributed by atoms with Crippen molar-refractivity contribution in [2.75, 3.05) is 5.32 Å². The topological polar surface area (TPSA) is 42.2 Å². The largest absolute Gasteiger partial charge is 0.461 e. The Labute approximate surface area is 99.8 Å². The predicted octanol–water partition coefficient (Wildman–Crippen LogP) is 3.40. The van der Waals surface area contributed by atoms with Crippen LogP contribution < -0.4 is 5.32 Å². The van der Waals surface area contributed by atoms with E-state index in [1.165, 1.54) is 17.9 Å². The SMILES string of the molecule is Cc1ccc(N/C=C/C(=O)c2ccco2)cc1. The lowest BCUT2D eigenvalue weighted by atomic mass is 10.2. The van der Waals surface area contributed by atoms with Crippen molar-refractivity contribution >= 4 is 11.5 Å². The summed E-state index contributed by atoms with van der Waals surface area (Å²) in [5, 5.41) is 3.02. The standard InChI is InChI=1S/C14H13NO2/c1-11-4-6-12(7-5-11)15-9-8-13(16)14-3-2-10-17-14/h2-10,15H,1H3/b9-8+. The molecule has 1 heterocycles. The molecule has 0 atom stereocenters. The number of hydrogen-bond acceptors (Lipinski definition) is 3. The third kappa shape index (κ3) is 3.08. The first-order valence-electron chi connectivity index (χ1n) is 5.33. The van der Waals surface area contributed by atoms with Gasteiger partial charge in [-0.3, -0.25) is 4.79 Å². The van der Waals surface area contributed by atoms with E-state index < -0.39 is 0 Å². The molecule has 0 amide bonds. The number of carbonyl (C=O) groups excluding carboxylic acids is 1. The number of carbonyl (C=O) groups is 1. The fraction of sp³-hybridized carbons (Fsp3) is 0.0714. The highest BCUT2D eigenvalue weighted by Gasteiger charge is 2.02. The summed E-state index contributed by atoms with van der Waals surface area (Å²) in [5.74, 6) is 0.182. The van der Waals surface area contributed by atoms with Gasteiger partial charge in [-0.2, -0.15) is 0 Å². The minimum Gasteiger partial charge on any atom is -0.461 e. The zero-order valence-corrected chi connectivity index (χ0v) is 9.51. The van der Waals surface area contributed by atoms with Gasteiger partial charge in [0.05, 0.1) is 6.26 Å². The van der Waals surface area contributed by atoms with Crippen LogP contribution >= 0.6 is 0 Å². The lowest BCUT2D eigenvalue weighted by Gasteiger charge is -2.00. The third-order valence-electron chi connectivity index (χ3n) is 2.30. The second-order valence-electron chi connectivity index (χ2n) is 3.69. The molecule has 17 heavy (non-hydrogen) atoms. The quantitative estimate of drug-likeness (QED) is 0.643. The number of anilines is 1. The maximum Gasteiger partial charge on any atom is 0.222 e. The molecule has 3 nitrogen and oxygen atoms in total. The molecule has 1 aromatic carbocycles. The molecule has 0 aliphatic heterocycles. The van der Waals surface area contributed by atoms with E-state index in [0.29, 0.717) is 5.76 Å². The van der Waals surface area contributed by atoms with Gasteiger partial charge < -0.3 is 9.73 Å². The second kappa shape index (κ2) is 5.16. The van der Waals surface area contributed by atoms with Crippen LogP contribution in [0.4, 0.5) is 5.69 Å². The van der Waals surface area contributed by atoms with E-state index in [2.05, 4.69) is 5.32 Å². The second-order valence-corrected chi connectivity index (χ2v) is 3.69. The summed E-state index contributed by atoms with van der Waals surface area (Å²) in [6.07, 6.45) is 4.53. The van der Waals surface area contributed by atoms with Gasteiger partial charge in [0.2, 0.25) is 5.78 Å². The Balaban J connectivity index is 1.94. The van der Waals surface area contributed by atoms with Crippen molar-refractivity contribution in [2.24, 2.45) is 0 Å². The predicted molar refractivity (Wildman–Crippen MR) is 67.0 cm³/mol. The molecule has 1 N–H and O–H groups in total. The zero-order valence-electron chi connectivity index (χ0n) is 9.51. The summed E-state index contributed by atoms with van der Waals surface area (Å²) in [5.41, 5.74) is 2.14. The maximum absolute atomic E-state index is 11.5. The summed E-state index contributed by atoms with van der Waals surface area (Å²) >= 11 is 0. The fourth-order valence-electron chi connectivity index (χ4n) is 1.36. The van der Waals surface area contributed by atoms with Gasteiger partial charge in [-0.25, -0.2) is 0 Å². The van der Waals surface area contributed by atoms with Crippen LogP contribution in [0.15, 0.2) is 59.4 Å². The summed E-state index contributed by atoms with van der Waals surface area (Å²) in [6, 6.07) is 11.2. The molecule has 86 valence electrons. The first-order chi connectivity index (χ1) is 8.25. The number of rotatable bonds is 4. The number of hydrogen-bond donors (Lipinski definition) is 1. The minimum absolute atomic E-state index is 0.158. The van der Waals surface area contributed by atoms with Crippen LogP contribution in [0.3, 0.4) is 0 Å². The molecule has 2 rings (SSSR count). The minimum atomic E-state index is -0.158. The van der Waals surface area contributed by atoms with Crippen LogP contribution in [0.2, 0.25) is 0 Å². The summed E-state index contributed by atoms with van der Waals surface area (Å²) in [4.78, 5) is 11.5. The van der Waals surface area contributed by atoms with E-state index in [1.54, 1.807) is 18.3 Å². The van der Waals surface area contributed by atoms with Gasteiger partial charge in [0.25, 0.3) is 0 Å². The zero-order chi connectivity index (χ0) is 12.1. The van der Waals surface area contributed by atoms with Crippen molar-refractivity contribution < 1.29 is 9.21 Å². The Hall–Kier alpha value is -2.29. The van der Waals surface area contributed by atoms with Gasteiger partial charge in [-0.15, -0.1) is 0 Å². The van der Waals surface area contributed by atoms with Crippen LogP contribution in [0.1, 0.15) is 16.1 Å². The molecule has 0 fully saturated rings. The van der Waals surface area contributed by atoms with Crippen LogP contribution in [-0.4, -0.2) is 5.78 Å². The monoisotopic (exact) mass is 227 g/mol. The normalized spacial score (nSPS) is 10.6. The molecule has 0 radical (unpaired) electrons. The average molecular weight is 227 g/mol. The van der Waals surface area contributed by atoms with Gasteiger partial charge in [0.15, 0.2) is 5.76 Å². The molecule has 1 aromatic heterocycles. The Morgan fingerprint density at radius 1 is 1.24 bits per heavy atom. The van der Waals surface area contributed by atoms with Gasteiger partial charge in [0.1, 0.15) is 0 Å². The molecule has 3 heteroatoms. The van der Waals surface area contributed by atoms with Crippen LogP contribution in [0, 0.1) is 6.92 Å². The van der Waals surface area contributed by atoms with Crippen LogP contribution in [-0.2, 0) is 0 Å². The molecular weight excluding hydrogens is 214 g/mol. The molecule has 2 aromatic rings. The highest BCUT2D eigenvalue weighted by Crippen LogP contribution is 2.08. The van der Waals surface area contributed by atoms with Gasteiger partial charge in [0, 0.05) is 18.0 Å². The lowest BCUT2D eigenvalue weighted by molar-refractivity contribution is 0.102. The number of allylic oxidation sites excluding steroid dienone is 1. The first-order valence-corrected chi connectivity index (χ1v) is 5.33. The Kier molecular flexibility index (Phi) is 3.40. The molecule has 0 unspecified atom stereocenters. The van der Waals surface area contributed by atoms with Crippen molar-refractivity contribution in [3.05, 3.63) is 66.3 Å². The summed E-state index contributed by atoms with van der Waals surface area (Å²) in [6.45, 7) is 2.03. The fourth-order valence-corrected chi connectivity index (χ4v) is 1.36. The Bertz CT molecular complexity index is 510. The molecule has 0 bridgehead atoms. The number of nitrogens with one attached hydrogen (secondary N) is 1. The van der Waals surface area contributed by atoms with Crippen LogP contribution in [0.25, 0.3) is 0 Å². The summed E-state index contributed by atoms with van der Waals surface area (Å²) in [7, 11) is 0. The maximum atomic E-state index is 11.5. The van der Waals surface area contributed by atoms with E-state index in [4.69, 9.17) is 4.42 Å². The van der Waals surface area contributed by atoms with Crippen molar-refractivity contribution in [2.45, 2.75) is 6.92 Å². The average Bonchev–Trinajstić information content (AvgIpc) is 2.85. The third-order valence-corrected chi connectivity index (χ3v) is 2.30. The molecular formula is C14H13NO2.